The number of aromatic nitrogens is 1. The molecular formula is C16H18N4O4S. The number of amides is 1. The van der Waals surface area contributed by atoms with Gasteiger partial charge in [0.05, 0.1) is 30.4 Å². The largest absolute Gasteiger partial charge is 0.379 e. The van der Waals surface area contributed by atoms with Gasteiger partial charge in [0.2, 0.25) is 0 Å². The van der Waals surface area contributed by atoms with Crippen LogP contribution in [-0.4, -0.2) is 47.0 Å². The molecule has 3 rings (SSSR count). The second kappa shape index (κ2) is 7.68. The topological polar surface area (TPSA) is 97.6 Å². The Morgan fingerprint density at radius 3 is 2.92 bits per heavy atom. The lowest BCUT2D eigenvalue weighted by atomic mass is 10.2. The molecule has 0 spiro atoms. The molecule has 0 aliphatic carbocycles. The second-order valence-corrected chi connectivity index (χ2v) is 6.67. The highest BCUT2D eigenvalue weighted by Gasteiger charge is 2.17. The number of aryl methyl sites for hydroxylation is 1. The molecule has 2 aromatic rings. The van der Waals surface area contributed by atoms with E-state index in [1.807, 2.05) is 0 Å². The monoisotopic (exact) mass is 362 g/mol. The van der Waals surface area contributed by atoms with Crippen molar-refractivity contribution >= 4 is 28.6 Å². The number of ether oxygens (including phenoxy) is 1. The number of carbonyl (C=O) groups is 1. The summed E-state index contributed by atoms with van der Waals surface area (Å²) in [5.41, 5.74) is 1.43. The number of morpholine rings is 1. The number of carbonyl (C=O) groups excluding carboxylic acids is 1. The number of hydrogen-bond acceptors (Lipinski definition) is 7. The van der Waals surface area contributed by atoms with Crippen LogP contribution in [0.15, 0.2) is 23.6 Å². The Labute approximate surface area is 148 Å². The minimum atomic E-state index is -0.488. The first kappa shape index (κ1) is 17.5. The van der Waals surface area contributed by atoms with Gasteiger partial charge >= 0.3 is 0 Å². The summed E-state index contributed by atoms with van der Waals surface area (Å²) >= 11 is 1.43. The first-order valence-electron chi connectivity index (χ1n) is 7.84. The minimum absolute atomic E-state index is 0.0628. The summed E-state index contributed by atoms with van der Waals surface area (Å²) in [6.45, 7) is 5.61. The summed E-state index contributed by atoms with van der Waals surface area (Å²) in [7, 11) is 0. The smallest absolute Gasteiger partial charge is 0.275 e. The fraction of sp³-hybridized carbons (Fsp3) is 0.375. The van der Waals surface area contributed by atoms with Crippen molar-refractivity contribution in [2.75, 3.05) is 31.6 Å². The van der Waals surface area contributed by atoms with Gasteiger partial charge in [0.25, 0.3) is 11.6 Å². The predicted octanol–water partition coefficient (Wildman–Crippen LogP) is 2.44. The van der Waals surface area contributed by atoms with Crippen molar-refractivity contribution in [3.8, 4) is 0 Å². The molecule has 1 aromatic carbocycles. The summed E-state index contributed by atoms with van der Waals surface area (Å²) < 4.78 is 5.31. The first-order chi connectivity index (χ1) is 12.0. The fourth-order valence-corrected chi connectivity index (χ4v) is 3.30. The van der Waals surface area contributed by atoms with Gasteiger partial charge in [0.1, 0.15) is 10.7 Å². The van der Waals surface area contributed by atoms with Crippen LogP contribution in [0.2, 0.25) is 0 Å². The summed E-state index contributed by atoms with van der Waals surface area (Å²) in [6.07, 6.45) is 0. The lowest BCUT2D eigenvalue weighted by Crippen LogP contribution is -2.35. The standard InChI is InChI=1S/C16H18N4O4S/c1-11-2-3-12(20(22)23)8-13(11)18-16(21)14-10-25-15(17-14)9-19-4-6-24-7-5-19/h2-3,8,10H,4-7,9H2,1H3,(H,18,21). The zero-order valence-electron chi connectivity index (χ0n) is 13.7. The molecule has 2 heterocycles. The molecule has 0 saturated carbocycles. The predicted molar refractivity (Wildman–Crippen MR) is 94.0 cm³/mol. The number of nitro benzene ring substituents is 1. The molecule has 1 saturated heterocycles. The molecule has 0 radical (unpaired) electrons. The van der Waals surface area contributed by atoms with Crippen LogP contribution in [-0.2, 0) is 11.3 Å². The lowest BCUT2D eigenvalue weighted by molar-refractivity contribution is -0.384. The van der Waals surface area contributed by atoms with Gasteiger partial charge in [-0.3, -0.25) is 19.8 Å². The van der Waals surface area contributed by atoms with E-state index in [1.165, 1.54) is 23.5 Å². The zero-order chi connectivity index (χ0) is 17.8. The summed E-state index contributed by atoms with van der Waals surface area (Å²) in [4.78, 5) is 29.4. The van der Waals surface area contributed by atoms with Crippen LogP contribution < -0.4 is 5.32 Å². The second-order valence-electron chi connectivity index (χ2n) is 5.73. The molecule has 1 N–H and O–H groups in total. The Balaban J connectivity index is 1.67. The molecule has 1 aromatic heterocycles. The van der Waals surface area contributed by atoms with E-state index in [-0.39, 0.29) is 11.6 Å². The Kier molecular flexibility index (Phi) is 5.37. The molecule has 8 nitrogen and oxygen atoms in total. The van der Waals surface area contributed by atoms with E-state index >= 15 is 0 Å². The quantitative estimate of drug-likeness (QED) is 0.648. The highest BCUT2D eigenvalue weighted by Crippen LogP contribution is 2.23. The fourth-order valence-electron chi connectivity index (χ4n) is 2.48. The number of rotatable bonds is 5. The lowest BCUT2D eigenvalue weighted by Gasteiger charge is -2.25. The van der Waals surface area contributed by atoms with Gasteiger partial charge in [0.15, 0.2) is 0 Å². The van der Waals surface area contributed by atoms with Gasteiger partial charge in [-0.2, -0.15) is 0 Å². The molecule has 0 atom stereocenters. The molecule has 0 unspecified atom stereocenters. The van der Waals surface area contributed by atoms with E-state index in [9.17, 15) is 14.9 Å². The molecule has 9 heteroatoms. The van der Waals surface area contributed by atoms with Crippen LogP contribution in [0.4, 0.5) is 11.4 Å². The molecule has 132 valence electrons. The zero-order valence-corrected chi connectivity index (χ0v) is 14.5. The van der Waals surface area contributed by atoms with E-state index in [4.69, 9.17) is 4.74 Å². The minimum Gasteiger partial charge on any atom is -0.379 e. The maximum atomic E-state index is 12.4. The molecular weight excluding hydrogens is 344 g/mol. The number of nitrogens with one attached hydrogen (secondary N) is 1. The highest BCUT2D eigenvalue weighted by atomic mass is 32.1. The van der Waals surface area contributed by atoms with Crippen molar-refractivity contribution in [3.63, 3.8) is 0 Å². The van der Waals surface area contributed by atoms with Crippen molar-refractivity contribution in [1.82, 2.24) is 9.88 Å². The third-order valence-electron chi connectivity index (χ3n) is 3.93. The molecule has 25 heavy (non-hydrogen) atoms. The van der Waals surface area contributed by atoms with E-state index in [1.54, 1.807) is 18.4 Å². The Morgan fingerprint density at radius 2 is 2.20 bits per heavy atom. The molecule has 1 aliphatic heterocycles. The number of non-ortho nitro benzene ring substituents is 1. The maximum Gasteiger partial charge on any atom is 0.275 e. The van der Waals surface area contributed by atoms with Gasteiger partial charge in [0, 0.05) is 30.6 Å². The van der Waals surface area contributed by atoms with Crippen LogP contribution in [0.1, 0.15) is 21.1 Å². The van der Waals surface area contributed by atoms with Crippen LogP contribution in [0.3, 0.4) is 0 Å². The Hall–Kier alpha value is -2.36. The average molecular weight is 362 g/mol. The van der Waals surface area contributed by atoms with E-state index < -0.39 is 4.92 Å². The van der Waals surface area contributed by atoms with Crippen molar-refractivity contribution < 1.29 is 14.5 Å². The van der Waals surface area contributed by atoms with Crippen LogP contribution in [0.25, 0.3) is 0 Å². The van der Waals surface area contributed by atoms with Crippen molar-refractivity contribution in [3.05, 3.63) is 50.0 Å². The molecule has 1 fully saturated rings. The van der Waals surface area contributed by atoms with Gasteiger partial charge in [-0.1, -0.05) is 6.07 Å². The van der Waals surface area contributed by atoms with E-state index in [0.717, 1.165) is 23.7 Å². The number of hydrogen-bond donors (Lipinski definition) is 1. The van der Waals surface area contributed by atoms with Crippen LogP contribution in [0, 0.1) is 17.0 Å². The third-order valence-corrected chi connectivity index (χ3v) is 4.76. The number of anilines is 1. The highest BCUT2D eigenvalue weighted by molar-refractivity contribution is 7.09. The number of thiazole rings is 1. The molecule has 0 bridgehead atoms. The van der Waals surface area contributed by atoms with Gasteiger partial charge in [-0.05, 0) is 12.5 Å². The number of nitro groups is 1. The number of benzene rings is 1. The summed E-state index contributed by atoms with van der Waals surface area (Å²) in [6, 6.07) is 4.38. The Morgan fingerprint density at radius 1 is 1.44 bits per heavy atom. The SMILES string of the molecule is Cc1ccc([N+](=O)[O-])cc1NC(=O)c1csc(CN2CCOCC2)n1. The summed E-state index contributed by atoms with van der Waals surface area (Å²) in [5.74, 6) is -0.368. The molecule has 1 aliphatic rings. The third kappa shape index (κ3) is 4.38. The Bertz CT molecular complexity index is 786. The van der Waals surface area contributed by atoms with Crippen LogP contribution in [0.5, 0.6) is 0 Å². The van der Waals surface area contributed by atoms with E-state index in [0.29, 0.717) is 31.1 Å². The van der Waals surface area contributed by atoms with E-state index in [2.05, 4.69) is 15.2 Å². The van der Waals surface area contributed by atoms with Crippen molar-refractivity contribution in [1.29, 1.82) is 0 Å². The summed E-state index contributed by atoms with van der Waals surface area (Å²) in [5, 5.41) is 16.2. The van der Waals surface area contributed by atoms with Crippen molar-refractivity contribution in [2.24, 2.45) is 0 Å². The van der Waals surface area contributed by atoms with Gasteiger partial charge in [-0.15, -0.1) is 11.3 Å². The van der Waals surface area contributed by atoms with Crippen LogP contribution >= 0.6 is 11.3 Å². The maximum absolute atomic E-state index is 12.4. The normalized spacial score (nSPS) is 15.1. The first-order valence-corrected chi connectivity index (χ1v) is 8.72. The molecule has 1 amide bonds. The van der Waals surface area contributed by atoms with Crippen molar-refractivity contribution in [2.45, 2.75) is 13.5 Å². The van der Waals surface area contributed by atoms with Gasteiger partial charge < -0.3 is 10.1 Å². The van der Waals surface area contributed by atoms with Gasteiger partial charge in [-0.25, -0.2) is 4.98 Å². The number of nitrogens with zero attached hydrogens (tertiary/aromatic N) is 3. The average Bonchev–Trinajstić information content (AvgIpc) is 3.06.